The predicted octanol–water partition coefficient (Wildman–Crippen LogP) is -0.0177. The number of nitrogens with one attached hydrogen (secondary N) is 2. The molecular formula is C11H16ClN5O2. The normalized spacial score (nSPS) is 16.1. The van der Waals surface area contributed by atoms with E-state index in [1.54, 1.807) is 0 Å². The number of hydrogen-bond acceptors (Lipinski definition) is 6. The first-order valence-electron chi connectivity index (χ1n) is 5.99. The Kier molecular flexibility index (Phi) is 4.89. The molecule has 104 valence electrons. The molecule has 0 radical (unpaired) electrons. The molecule has 7 nitrogen and oxygen atoms in total. The van der Waals surface area contributed by atoms with Gasteiger partial charge in [0.2, 0.25) is 17.7 Å². The summed E-state index contributed by atoms with van der Waals surface area (Å²) in [7, 11) is 1.48. The average Bonchev–Trinajstić information content (AvgIpc) is 2.38. The van der Waals surface area contributed by atoms with Crippen LogP contribution in [0.25, 0.3) is 0 Å². The molecule has 0 atom stereocenters. The Hall–Kier alpha value is -1.44. The molecule has 1 aliphatic rings. The van der Waals surface area contributed by atoms with Crippen molar-refractivity contribution in [3.8, 4) is 5.88 Å². The van der Waals surface area contributed by atoms with Crippen molar-refractivity contribution in [2.45, 2.75) is 0 Å². The maximum absolute atomic E-state index is 11.9. The zero-order valence-corrected chi connectivity index (χ0v) is 11.4. The number of amides is 1. The van der Waals surface area contributed by atoms with Gasteiger partial charge in [0.05, 0.1) is 13.7 Å². The van der Waals surface area contributed by atoms with Crippen LogP contribution in [0.5, 0.6) is 5.88 Å². The third kappa shape index (κ3) is 4.30. The lowest BCUT2D eigenvalue weighted by molar-refractivity contribution is -0.117. The van der Waals surface area contributed by atoms with Crippen molar-refractivity contribution < 1.29 is 9.53 Å². The second-order valence-electron chi connectivity index (χ2n) is 4.13. The summed E-state index contributed by atoms with van der Waals surface area (Å²) in [4.78, 5) is 21.8. The lowest BCUT2D eigenvalue weighted by Gasteiger charge is -2.26. The molecule has 0 aromatic carbocycles. The van der Waals surface area contributed by atoms with E-state index in [4.69, 9.17) is 16.3 Å². The summed E-state index contributed by atoms with van der Waals surface area (Å²) in [6.45, 7) is 3.82. The first kappa shape index (κ1) is 14.0. The monoisotopic (exact) mass is 285 g/mol. The Labute approximate surface area is 116 Å². The van der Waals surface area contributed by atoms with Crippen LogP contribution < -0.4 is 15.4 Å². The Morgan fingerprint density at radius 1 is 1.53 bits per heavy atom. The number of ether oxygens (including phenoxy) is 1. The maximum Gasteiger partial charge on any atom is 0.240 e. The van der Waals surface area contributed by atoms with Crippen LogP contribution in [0, 0.1) is 0 Å². The minimum absolute atomic E-state index is 0.157. The topological polar surface area (TPSA) is 79.4 Å². The zero-order valence-electron chi connectivity index (χ0n) is 10.6. The van der Waals surface area contributed by atoms with Crippen molar-refractivity contribution in [3.63, 3.8) is 0 Å². The van der Waals surface area contributed by atoms with Gasteiger partial charge < -0.3 is 10.1 Å². The van der Waals surface area contributed by atoms with Gasteiger partial charge in [0.15, 0.2) is 0 Å². The third-order valence-electron chi connectivity index (χ3n) is 2.71. The maximum atomic E-state index is 11.9. The van der Waals surface area contributed by atoms with Gasteiger partial charge >= 0.3 is 0 Å². The molecule has 2 rings (SSSR count). The number of piperazine rings is 1. The van der Waals surface area contributed by atoms with Crippen LogP contribution in [-0.2, 0) is 4.79 Å². The fraction of sp³-hybridized carbons (Fsp3) is 0.545. The molecule has 1 amide bonds. The van der Waals surface area contributed by atoms with Crippen LogP contribution in [-0.4, -0.2) is 60.6 Å². The number of rotatable bonds is 4. The molecule has 1 aliphatic heterocycles. The lowest BCUT2D eigenvalue weighted by Crippen LogP contribution is -2.46. The molecule has 0 aliphatic carbocycles. The second-order valence-corrected chi connectivity index (χ2v) is 4.52. The Morgan fingerprint density at radius 3 is 2.95 bits per heavy atom. The van der Waals surface area contributed by atoms with E-state index >= 15 is 0 Å². The molecule has 1 aromatic rings. The van der Waals surface area contributed by atoms with Gasteiger partial charge in [-0.25, -0.2) is 4.98 Å². The number of hydrogen-bond donors (Lipinski definition) is 2. The standard InChI is InChI=1S/C11H16ClN5O2/c1-19-10-6-8(12)14-11(16-10)15-9(18)7-17-4-2-13-3-5-17/h6,13H,2-5,7H2,1H3,(H,14,15,16,18). The van der Waals surface area contributed by atoms with Crippen LogP contribution in [0.4, 0.5) is 5.95 Å². The molecule has 1 fully saturated rings. The highest BCUT2D eigenvalue weighted by atomic mass is 35.5. The number of aromatic nitrogens is 2. The molecule has 1 saturated heterocycles. The van der Waals surface area contributed by atoms with Crippen molar-refractivity contribution in [1.82, 2.24) is 20.2 Å². The summed E-state index contributed by atoms with van der Waals surface area (Å²) in [5.74, 6) is 0.313. The fourth-order valence-corrected chi connectivity index (χ4v) is 1.97. The van der Waals surface area contributed by atoms with Gasteiger partial charge in [0.1, 0.15) is 5.15 Å². The van der Waals surface area contributed by atoms with Crippen molar-refractivity contribution in [2.75, 3.05) is 45.2 Å². The Balaban J connectivity index is 1.92. The molecule has 0 saturated carbocycles. The molecule has 19 heavy (non-hydrogen) atoms. The van der Waals surface area contributed by atoms with Crippen molar-refractivity contribution in [2.24, 2.45) is 0 Å². The quantitative estimate of drug-likeness (QED) is 0.757. The number of halogens is 1. The minimum Gasteiger partial charge on any atom is -0.481 e. The predicted molar refractivity (Wildman–Crippen MR) is 71.5 cm³/mol. The second kappa shape index (κ2) is 6.65. The first-order valence-corrected chi connectivity index (χ1v) is 6.36. The summed E-state index contributed by atoms with van der Waals surface area (Å²) in [5, 5.41) is 6.07. The molecule has 0 bridgehead atoms. The molecule has 0 unspecified atom stereocenters. The summed E-state index contributed by atoms with van der Waals surface area (Å²) in [5.41, 5.74) is 0. The van der Waals surface area contributed by atoms with E-state index in [1.807, 2.05) is 0 Å². The van der Waals surface area contributed by atoms with Gasteiger partial charge in [-0.2, -0.15) is 4.98 Å². The van der Waals surface area contributed by atoms with Crippen LogP contribution in [0.15, 0.2) is 6.07 Å². The van der Waals surface area contributed by atoms with E-state index in [-0.39, 0.29) is 17.0 Å². The van der Waals surface area contributed by atoms with Gasteiger partial charge in [-0.15, -0.1) is 0 Å². The van der Waals surface area contributed by atoms with Gasteiger partial charge in [-0.3, -0.25) is 15.0 Å². The number of anilines is 1. The number of carbonyl (C=O) groups is 1. The van der Waals surface area contributed by atoms with Crippen LogP contribution >= 0.6 is 11.6 Å². The highest BCUT2D eigenvalue weighted by Crippen LogP contribution is 2.15. The minimum atomic E-state index is -0.161. The number of methoxy groups -OCH3 is 1. The number of carbonyl (C=O) groups excluding carboxylic acids is 1. The Bertz CT molecular complexity index is 451. The van der Waals surface area contributed by atoms with Gasteiger partial charge in [-0.1, -0.05) is 11.6 Å². The first-order chi connectivity index (χ1) is 9.17. The van der Waals surface area contributed by atoms with Crippen molar-refractivity contribution >= 4 is 23.5 Å². The summed E-state index contributed by atoms with van der Waals surface area (Å²) >= 11 is 5.80. The van der Waals surface area contributed by atoms with Gasteiger partial charge in [0.25, 0.3) is 0 Å². The molecular weight excluding hydrogens is 270 g/mol. The van der Waals surface area contributed by atoms with Gasteiger partial charge in [0, 0.05) is 32.2 Å². The van der Waals surface area contributed by atoms with Gasteiger partial charge in [-0.05, 0) is 0 Å². The molecule has 0 spiro atoms. The molecule has 1 aromatic heterocycles. The van der Waals surface area contributed by atoms with Crippen LogP contribution in [0.1, 0.15) is 0 Å². The third-order valence-corrected chi connectivity index (χ3v) is 2.90. The van der Waals surface area contributed by atoms with E-state index in [0.29, 0.717) is 12.4 Å². The molecule has 2 heterocycles. The van der Waals surface area contributed by atoms with E-state index < -0.39 is 0 Å². The summed E-state index contributed by atoms with van der Waals surface area (Å²) in [6.07, 6.45) is 0. The van der Waals surface area contributed by atoms with Crippen LogP contribution in [0.2, 0.25) is 5.15 Å². The SMILES string of the molecule is COc1cc(Cl)nc(NC(=O)CN2CCNCC2)n1. The van der Waals surface area contributed by atoms with E-state index in [0.717, 1.165) is 26.2 Å². The van der Waals surface area contributed by atoms with E-state index in [2.05, 4.69) is 25.5 Å². The lowest BCUT2D eigenvalue weighted by atomic mass is 10.3. The van der Waals surface area contributed by atoms with E-state index in [1.165, 1.54) is 13.2 Å². The largest absolute Gasteiger partial charge is 0.481 e. The molecule has 8 heteroatoms. The smallest absolute Gasteiger partial charge is 0.240 e. The average molecular weight is 286 g/mol. The fourth-order valence-electron chi connectivity index (χ4n) is 1.79. The summed E-state index contributed by atoms with van der Waals surface area (Å²) < 4.78 is 4.96. The molecule has 2 N–H and O–H groups in total. The van der Waals surface area contributed by atoms with Crippen molar-refractivity contribution in [3.05, 3.63) is 11.2 Å². The number of nitrogens with zero attached hydrogens (tertiary/aromatic N) is 3. The highest BCUT2D eigenvalue weighted by Gasteiger charge is 2.14. The zero-order chi connectivity index (χ0) is 13.7. The highest BCUT2D eigenvalue weighted by molar-refractivity contribution is 6.29. The Morgan fingerprint density at radius 2 is 2.26 bits per heavy atom. The van der Waals surface area contributed by atoms with Crippen LogP contribution in [0.3, 0.4) is 0 Å². The van der Waals surface area contributed by atoms with Crippen molar-refractivity contribution in [1.29, 1.82) is 0 Å². The van der Waals surface area contributed by atoms with E-state index in [9.17, 15) is 4.79 Å². The summed E-state index contributed by atoms with van der Waals surface area (Å²) in [6, 6.07) is 1.48.